The van der Waals surface area contributed by atoms with Gasteiger partial charge >= 0.3 is 0 Å². The molecule has 0 atom stereocenters. The van der Waals surface area contributed by atoms with Crippen molar-refractivity contribution in [2.75, 3.05) is 19.4 Å². The van der Waals surface area contributed by atoms with Crippen LogP contribution in [0.15, 0.2) is 48.5 Å². The third kappa shape index (κ3) is 3.66. The number of rotatable bonds is 6. The highest BCUT2D eigenvalue weighted by molar-refractivity contribution is 6.10. The summed E-state index contributed by atoms with van der Waals surface area (Å²) in [7, 11) is 1.63. The van der Waals surface area contributed by atoms with E-state index in [4.69, 9.17) is 20.4 Å². The van der Waals surface area contributed by atoms with Crippen LogP contribution >= 0.6 is 0 Å². The summed E-state index contributed by atoms with van der Waals surface area (Å²) in [6.45, 7) is 5.12. The van der Waals surface area contributed by atoms with Crippen molar-refractivity contribution in [3.05, 3.63) is 59.7 Å². The fourth-order valence-corrected chi connectivity index (χ4v) is 3.40. The molecule has 4 rings (SSSR count). The number of ether oxygens (including phenoxy) is 1. The van der Waals surface area contributed by atoms with Crippen LogP contribution in [-0.4, -0.2) is 34.1 Å². The highest BCUT2D eigenvalue weighted by Crippen LogP contribution is 2.29. The van der Waals surface area contributed by atoms with Crippen LogP contribution in [0.1, 0.15) is 29.8 Å². The number of carbonyl (C=O) groups excluding carboxylic acids is 1. The van der Waals surface area contributed by atoms with Crippen LogP contribution in [0.2, 0.25) is 0 Å². The fourth-order valence-electron chi connectivity index (χ4n) is 3.40. The monoisotopic (exact) mass is 403 g/mol. The Labute approximate surface area is 174 Å². The molecule has 0 saturated heterocycles. The smallest absolute Gasteiger partial charge is 0.257 e. The number of nitrogens with two attached hydrogens (primary N) is 1. The molecule has 4 aromatic rings. The van der Waals surface area contributed by atoms with E-state index in [0.717, 1.165) is 22.3 Å². The second-order valence-corrected chi connectivity index (χ2v) is 7.68. The van der Waals surface area contributed by atoms with Gasteiger partial charge in [0.2, 0.25) is 0 Å². The lowest BCUT2D eigenvalue weighted by Gasteiger charge is -2.10. The normalized spacial score (nSPS) is 11.3. The van der Waals surface area contributed by atoms with Crippen molar-refractivity contribution in [3.8, 4) is 5.75 Å². The van der Waals surface area contributed by atoms with Gasteiger partial charge in [0.05, 0.1) is 24.7 Å². The quantitative estimate of drug-likeness (QED) is 0.513. The Hall–Kier alpha value is -3.61. The number of fused-ring (bicyclic) bond motifs is 2. The number of amides is 1. The summed E-state index contributed by atoms with van der Waals surface area (Å²) >= 11 is 0. The third-order valence-corrected chi connectivity index (χ3v) is 4.99. The maximum Gasteiger partial charge on any atom is 0.257 e. The molecule has 2 aromatic heterocycles. The maximum absolute atomic E-state index is 13.0. The Morgan fingerprint density at radius 1 is 1.10 bits per heavy atom. The van der Waals surface area contributed by atoms with Crippen LogP contribution in [0.4, 0.5) is 5.82 Å². The lowest BCUT2D eigenvalue weighted by molar-refractivity contribution is 0.0951. The number of hydrogen-bond donors (Lipinski definition) is 2. The molecule has 0 saturated carbocycles. The Morgan fingerprint density at radius 3 is 2.40 bits per heavy atom. The largest absolute Gasteiger partial charge is 0.497 e. The fraction of sp³-hybridized carbons (Fsp3) is 0.261. The highest BCUT2D eigenvalue weighted by Gasteiger charge is 2.24. The molecule has 0 fully saturated rings. The van der Waals surface area contributed by atoms with Gasteiger partial charge in [-0.15, -0.1) is 0 Å². The van der Waals surface area contributed by atoms with Crippen molar-refractivity contribution in [3.63, 3.8) is 0 Å². The van der Waals surface area contributed by atoms with Crippen molar-refractivity contribution in [2.24, 2.45) is 5.92 Å². The highest BCUT2D eigenvalue weighted by atomic mass is 16.5. The number of anilines is 1. The topological polar surface area (TPSA) is 95.1 Å². The van der Waals surface area contributed by atoms with E-state index in [-0.39, 0.29) is 5.91 Å². The minimum atomic E-state index is -0.232. The molecule has 0 spiro atoms. The van der Waals surface area contributed by atoms with Crippen molar-refractivity contribution in [2.45, 2.75) is 20.4 Å². The lowest BCUT2D eigenvalue weighted by Crippen LogP contribution is -2.28. The van der Waals surface area contributed by atoms with Gasteiger partial charge in [0, 0.05) is 6.54 Å². The summed E-state index contributed by atoms with van der Waals surface area (Å²) in [6, 6.07) is 15.3. The second kappa shape index (κ2) is 8.02. The molecule has 3 N–H and O–H groups in total. The first-order valence-electron chi connectivity index (χ1n) is 9.93. The minimum Gasteiger partial charge on any atom is -0.497 e. The first-order chi connectivity index (χ1) is 14.5. The number of para-hydroxylation sites is 2. The van der Waals surface area contributed by atoms with Crippen LogP contribution in [-0.2, 0) is 6.54 Å². The van der Waals surface area contributed by atoms with Crippen LogP contribution < -0.4 is 15.8 Å². The second-order valence-electron chi connectivity index (χ2n) is 7.68. The first-order valence-corrected chi connectivity index (χ1v) is 9.93. The summed E-state index contributed by atoms with van der Waals surface area (Å²) in [5.74, 6) is 1.24. The van der Waals surface area contributed by atoms with Crippen molar-refractivity contribution < 1.29 is 9.53 Å². The summed E-state index contributed by atoms with van der Waals surface area (Å²) in [4.78, 5) is 22.5. The zero-order valence-corrected chi connectivity index (χ0v) is 17.3. The molecule has 0 bridgehead atoms. The molecule has 7 nitrogen and oxygen atoms in total. The average Bonchev–Trinajstić information content (AvgIpc) is 3.01. The van der Waals surface area contributed by atoms with Gasteiger partial charge in [-0.3, -0.25) is 4.79 Å². The van der Waals surface area contributed by atoms with Gasteiger partial charge in [0.25, 0.3) is 5.91 Å². The predicted molar refractivity (Wildman–Crippen MR) is 119 cm³/mol. The molecule has 0 aliphatic carbocycles. The maximum atomic E-state index is 13.0. The summed E-state index contributed by atoms with van der Waals surface area (Å²) in [6.07, 6.45) is 0. The number of hydrogen-bond acceptors (Lipinski definition) is 5. The van der Waals surface area contributed by atoms with Crippen molar-refractivity contribution >= 4 is 33.9 Å². The number of nitrogens with one attached hydrogen (secondary N) is 1. The first kappa shape index (κ1) is 19.7. The number of benzene rings is 2. The van der Waals surface area contributed by atoms with Gasteiger partial charge in [-0.25, -0.2) is 9.97 Å². The van der Waals surface area contributed by atoms with Crippen LogP contribution in [0.3, 0.4) is 0 Å². The van der Waals surface area contributed by atoms with E-state index < -0.39 is 0 Å². The Balaban J connectivity index is 1.86. The van der Waals surface area contributed by atoms with E-state index in [2.05, 4.69) is 5.32 Å². The zero-order valence-electron chi connectivity index (χ0n) is 17.3. The summed E-state index contributed by atoms with van der Waals surface area (Å²) in [5.41, 5.74) is 10.5. The van der Waals surface area contributed by atoms with Gasteiger partial charge in [0.1, 0.15) is 22.6 Å². The molecule has 0 radical (unpaired) electrons. The van der Waals surface area contributed by atoms with Crippen LogP contribution in [0, 0.1) is 5.92 Å². The van der Waals surface area contributed by atoms with E-state index in [1.807, 2.05) is 66.9 Å². The third-order valence-electron chi connectivity index (χ3n) is 4.99. The molecule has 2 aromatic carbocycles. The minimum absolute atomic E-state index is 0.232. The van der Waals surface area contributed by atoms with Crippen LogP contribution in [0.5, 0.6) is 5.75 Å². The van der Waals surface area contributed by atoms with Gasteiger partial charge in [0.15, 0.2) is 5.65 Å². The molecule has 1 amide bonds. The number of carbonyl (C=O) groups is 1. The van der Waals surface area contributed by atoms with Crippen molar-refractivity contribution in [1.29, 1.82) is 0 Å². The van der Waals surface area contributed by atoms with E-state index >= 15 is 0 Å². The molecule has 0 unspecified atom stereocenters. The van der Waals surface area contributed by atoms with Gasteiger partial charge in [-0.1, -0.05) is 38.1 Å². The summed E-state index contributed by atoms with van der Waals surface area (Å²) in [5, 5.41) is 2.96. The van der Waals surface area contributed by atoms with Gasteiger partial charge < -0.3 is 20.4 Å². The summed E-state index contributed by atoms with van der Waals surface area (Å²) < 4.78 is 7.08. The molecular weight excluding hydrogens is 378 g/mol. The van der Waals surface area contributed by atoms with E-state index in [1.54, 1.807) is 7.11 Å². The zero-order chi connectivity index (χ0) is 21.3. The van der Waals surface area contributed by atoms with E-state index in [9.17, 15) is 4.79 Å². The molecule has 2 heterocycles. The average molecular weight is 403 g/mol. The molecule has 7 heteroatoms. The number of methoxy groups -OCH3 is 1. The number of nitrogen functional groups attached to an aromatic ring is 1. The Kier molecular flexibility index (Phi) is 5.27. The van der Waals surface area contributed by atoms with Gasteiger partial charge in [-0.2, -0.15) is 0 Å². The van der Waals surface area contributed by atoms with Crippen molar-refractivity contribution in [1.82, 2.24) is 19.9 Å². The number of aromatic nitrogens is 3. The predicted octanol–water partition coefficient (Wildman–Crippen LogP) is 3.61. The molecular formula is C23H25N5O2. The SMILES string of the molecule is COc1ccc(Cn2c(N)c(C(=O)NCC(C)C)c3nc4ccccc4nc32)cc1. The standard InChI is InChI=1S/C23H25N5O2/c1-14(2)12-25-23(29)19-20-22(27-18-7-5-4-6-17(18)26-20)28(21(19)24)13-15-8-10-16(30-3)11-9-15/h4-11,14H,12-13,24H2,1-3H3,(H,25,29). The Morgan fingerprint density at radius 2 is 1.77 bits per heavy atom. The molecule has 30 heavy (non-hydrogen) atoms. The van der Waals surface area contributed by atoms with Crippen LogP contribution in [0.25, 0.3) is 22.2 Å². The molecule has 0 aliphatic heterocycles. The molecule has 154 valence electrons. The molecule has 0 aliphatic rings. The Bertz CT molecular complexity index is 1210. The lowest BCUT2D eigenvalue weighted by atomic mass is 10.2. The number of nitrogens with zero attached hydrogens (tertiary/aromatic N) is 3. The van der Waals surface area contributed by atoms with Gasteiger partial charge in [-0.05, 0) is 35.7 Å². The van der Waals surface area contributed by atoms with E-state index in [1.165, 1.54) is 0 Å². The van der Waals surface area contributed by atoms with E-state index in [0.29, 0.717) is 41.6 Å².